The van der Waals surface area contributed by atoms with Crippen LogP contribution in [0.1, 0.15) is 17.5 Å². The number of para-hydroxylation sites is 1. The lowest BCUT2D eigenvalue weighted by molar-refractivity contribution is 0.204. The summed E-state index contributed by atoms with van der Waals surface area (Å²) in [5.74, 6) is 1.87. The van der Waals surface area contributed by atoms with Crippen LogP contribution < -0.4 is 5.56 Å². The smallest absolute Gasteiger partial charge is 0.261 e. The van der Waals surface area contributed by atoms with Crippen LogP contribution in [0, 0.1) is 0 Å². The first-order chi connectivity index (χ1) is 11.2. The molecule has 0 radical (unpaired) electrons. The summed E-state index contributed by atoms with van der Waals surface area (Å²) in [5, 5.41) is 10.8. The van der Waals surface area contributed by atoms with Crippen molar-refractivity contribution >= 4 is 22.7 Å². The monoisotopic (exact) mass is 326 g/mol. The van der Waals surface area contributed by atoms with Crippen molar-refractivity contribution in [3.63, 3.8) is 0 Å². The number of thioether (sulfide) groups is 1. The maximum Gasteiger partial charge on any atom is 0.261 e. The van der Waals surface area contributed by atoms with Gasteiger partial charge in [-0.3, -0.25) is 9.36 Å². The minimum atomic E-state index is -0.515. The molecule has 0 fully saturated rings. The summed E-state index contributed by atoms with van der Waals surface area (Å²) >= 11 is 1.57. The second-order valence-electron chi connectivity index (χ2n) is 5.35. The Morgan fingerprint density at radius 1 is 1.13 bits per heavy atom. The van der Waals surface area contributed by atoms with Crippen molar-refractivity contribution < 1.29 is 5.11 Å². The van der Waals surface area contributed by atoms with Crippen molar-refractivity contribution in [3.05, 3.63) is 76.3 Å². The van der Waals surface area contributed by atoms with E-state index in [1.54, 1.807) is 29.4 Å². The first-order valence-corrected chi connectivity index (χ1v) is 8.57. The average molecular weight is 326 g/mol. The van der Waals surface area contributed by atoms with Crippen LogP contribution in [0.3, 0.4) is 0 Å². The zero-order valence-corrected chi connectivity index (χ0v) is 13.7. The van der Waals surface area contributed by atoms with E-state index in [-0.39, 0.29) is 5.56 Å². The molecule has 118 valence electrons. The maximum absolute atomic E-state index is 12.3. The Morgan fingerprint density at radius 2 is 1.83 bits per heavy atom. The lowest BCUT2D eigenvalue weighted by atomic mass is 10.1. The van der Waals surface area contributed by atoms with Crippen molar-refractivity contribution in [3.8, 4) is 0 Å². The van der Waals surface area contributed by atoms with Crippen LogP contribution in [0.2, 0.25) is 0 Å². The Kier molecular flexibility index (Phi) is 4.79. The van der Waals surface area contributed by atoms with Crippen LogP contribution >= 0.6 is 11.8 Å². The number of benzene rings is 2. The average Bonchev–Trinajstić information content (AvgIpc) is 2.60. The molecule has 0 aliphatic rings. The van der Waals surface area contributed by atoms with Crippen LogP contribution in [-0.4, -0.2) is 20.4 Å². The molecule has 1 heterocycles. The SMILES string of the molecule is Cn1c(CSC[C@H](O)c2ccccc2)nc2ccccc2c1=O. The van der Waals surface area contributed by atoms with Crippen molar-refractivity contribution in [1.82, 2.24) is 9.55 Å². The van der Waals surface area contributed by atoms with Gasteiger partial charge in [-0.1, -0.05) is 42.5 Å². The zero-order valence-electron chi connectivity index (χ0n) is 12.8. The van der Waals surface area contributed by atoms with E-state index in [4.69, 9.17) is 0 Å². The number of aromatic nitrogens is 2. The predicted molar refractivity (Wildman–Crippen MR) is 94.5 cm³/mol. The number of fused-ring (bicyclic) bond motifs is 1. The Labute approximate surface area is 138 Å². The normalized spacial score (nSPS) is 12.4. The molecule has 0 saturated carbocycles. The van der Waals surface area contributed by atoms with Crippen LogP contribution in [0.4, 0.5) is 0 Å². The summed E-state index contributed by atoms with van der Waals surface area (Å²) in [5.41, 5.74) is 1.59. The van der Waals surface area contributed by atoms with Gasteiger partial charge in [-0.15, -0.1) is 0 Å². The molecule has 0 amide bonds. The number of hydrogen-bond acceptors (Lipinski definition) is 4. The third-order valence-electron chi connectivity index (χ3n) is 3.77. The van der Waals surface area contributed by atoms with Crippen molar-refractivity contribution in [1.29, 1.82) is 0 Å². The van der Waals surface area contributed by atoms with E-state index in [1.165, 1.54) is 0 Å². The van der Waals surface area contributed by atoms with Gasteiger partial charge >= 0.3 is 0 Å². The Bertz CT molecular complexity index is 862. The highest BCUT2D eigenvalue weighted by Crippen LogP contribution is 2.20. The standard InChI is InChI=1S/C18H18N2O2S/c1-20-17(19-15-10-6-5-9-14(15)18(20)22)12-23-11-16(21)13-7-3-2-4-8-13/h2-10,16,21H,11-12H2,1H3/t16-/m0/s1. The molecule has 4 nitrogen and oxygen atoms in total. The van der Waals surface area contributed by atoms with Crippen molar-refractivity contribution in [2.75, 3.05) is 5.75 Å². The van der Waals surface area contributed by atoms with Gasteiger partial charge in [0.15, 0.2) is 0 Å². The third kappa shape index (κ3) is 3.46. The Balaban J connectivity index is 1.72. The van der Waals surface area contributed by atoms with Crippen LogP contribution in [0.15, 0.2) is 59.4 Å². The number of aliphatic hydroxyl groups excluding tert-OH is 1. The maximum atomic E-state index is 12.3. The summed E-state index contributed by atoms with van der Waals surface area (Å²) in [7, 11) is 1.74. The second-order valence-corrected chi connectivity index (χ2v) is 6.38. The lowest BCUT2D eigenvalue weighted by Crippen LogP contribution is -2.22. The topological polar surface area (TPSA) is 55.1 Å². The van der Waals surface area contributed by atoms with E-state index >= 15 is 0 Å². The van der Waals surface area contributed by atoms with E-state index in [0.29, 0.717) is 16.9 Å². The van der Waals surface area contributed by atoms with E-state index in [0.717, 1.165) is 16.9 Å². The Morgan fingerprint density at radius 3 is 2.61 bits per heavy atom. The minimum Gasteiger partial charge on any atom is -0.388 e. The van der Waals surface area contributed by atoms with Gasteiger partial charge in [0.1, 0.15) is 5.82 Å². The molecule has 3 rings (SSSR count). The van der Waals surface area contributed by atoms with Crippen LogP contribution in [-0.2, 0) is 12.8 Å². The van der Waals surface area contributed by atoms with Gasteiger partial charge in [0.2, 0.25) is 0 Å². The summed E-state index contributed by atoms with van der Waals surface area (Å²) in [6.07, 6.45) is -0.515. The number of nitrogens with zero attached hydrogens (tertiary/aromatic N) is 2. The molecule has 1 atom stereocenters. The predicted octanol–water partition coefficient (Wildman–Crippen LogP) is 2.90. The molecule has 2 aromatic carbocycles. The highest BCUT2D eigenvalue weighted by molar-refractivity contribution is 7.98. The summed E-state index contributed by atoms with van der Waals surface area (Å²) in [6.45, 7) is 0. The Hall–Kier alpha value is -2.11. The minimum absolute atomic E-state index is 0.0326. The molecule has 5 heteroatoms. The summed E-state index contributed by atoms with van der Waals surface area (Å²) in [6, 6.07) is 16.9. The van der Waals surface area contributed by atoms with Gasteiger partial charge in [0, 0.05) is 12.8 Å². The molecule has 0 saturated heterocycles. The van der Waals surface area contributed by atoms with E-state index in [9.17, 15) is 9.90 Å². The fourth-order valence-electron chi connectivity index (χ4n) is 2.43. The molecular weight excluding hydrogens is 308 g/mol. The van der Waals surface area contributed by atoms with Gasteiger partial charge in [0.25, 0.3) is 5.56 Å². The number of hydrogen-bond donors (Lipinski definition) is 1. The molecule has 0 bridgehead atoms. The fraction of sp³-hybridized carbons (Fsp3) is 0.222. The zero-order chi connectivity index (χ0) is 16.2. The first kappa shape index (κ1) is 15.8. The molecule has 1 N–H and O–H groups in total. The van der Waals surface area contributed by atoms with Crippen LogP contribution in [0.25, 0.3) is 10.9 Å². The van der Waals surface area contributed by atoms with Crippen LogP contribution in [0.5, 0.6) is 0 Å². The van der Waals surface area contributed by atoms with Gasteiger partial charge in [-0.25, -0.2) is 4.98 Å². The van der Waals surface area contributed by atoms with E-state index in [2.05, 4.69) is 4.98 Å². The van der Waals surface area contributed by atoms with E-state index in [1.807, 2.05) is 48.5 Å². The van der Waals surface area contributed by atoms with Crippen molar-refractivity contribution in [2.45, 2.75) is 11.9 Å². The van der Waals surface area contributed by atoms with Gasteiger partial charge in [-0.05, 0) is 17.7 Å². The molecular formula is C18H18N2O2S. The number of rotatable bonds is 5. The number of aliphatic hydroxyl groups is 1. The fourth-order valence-corrected chi connectivity index (χ4v) is 3.40. The van der Waals surface area contributed by atoms with Gasteiger partial charge in [0.05, 0.1) is 22.8 Å². The van der Waals surface area contributed by atoms with Gasteiger partial charge < -0.3 is 5.11 Å². The molecule has 0 unspecified atom stereocenters. The highest BCUT2D eigenvalue weighted by atomic mass is 32.2. The highest BCUT2D eigenvalue weighted by Gasteiger charge is 2.10. The summed E-state index contributed by atoms with van der Waals surface area (Å²) < 4.78 is 1.59. The quantitative estimate of drug-likeness (QED) is 0.783. The third-order valence-corrected chi connectivity index (χ3v) is 4.78. The second kappa shape index (κ2) is 6.98. The van der Waals surface area contributed by atoms with Gasteiger partial charge in [-0.2, -0.15) is 11.8 Å². The largest absolute Gasteiger partial charge is 0.388 e. The van der Waals surface area contributed by atoms with E-state index < -0.39 is 6.10 Å². The molecule has 3 aromatic rings. The summed E-state index contributed by atoms with van der Waals surface area (Å²) in [4.78, 5) is 16.9. The molecule has 1 aromatic heterocycles. The first-order valence-electron chi connectivity index (χ1n) is 7.42. The molecule has 0 spiro atoms. The lowest BCUT2D eigenvalue weighted by Gasteiger charge is -2.12. The van der Waals surface area contributed by atoms with Crippen molar-refractivity contribution in [2.24, 2.45) is 7.05 Å². The molecule has 0 aliphatic carbocycles. The molecule has 0 aliphatic heterocycles. The molecule has 23 heavy (non-hydrogen) atoms.